The molecule has 27 heteroatoms. The minimum atomic E-state index is -0.644. The van der Waals surface area contributed by atoms with Gasteiger partial charge in [0.25, 0.3) is 5.88 Å². The Morgan fingerprint density at radius 1 is 0.430 bits per heavy atom. The number of aromatic nitrogens is 11. The number of ether oxygens (including phenoxy) is 7. The Morgan fingerprint density at radius 3 is 1.36 bits per heavy atom. The van der Waals surface area contributed by atoms with Crippen LogP contribution in [0.1, 0.15) is 202 Å². The molecular weight excluding hydrogens is 1740 g/mol. The maximum absolute atomic E-state index is 12.9. The van der Waals surface area contributed by atoms with Crippen LogP contribution in [0, 0.1) is 29.1 Å². The molecule has 1 aliphatic heterocycles. The molecule has 0 unspecified atom stereocenters. The fourth-order valence-corrected chi connectivity index (χ4v) is 12.2. The van der Waals surface area contributed by atoms with Crippen molar-refractivity contribution in [2.75, 3.05) is 35.2 Å². The van der Waals surface area contributed by atoms with Crippen LogP contribution >= 0.6 is 11.6 Å². The molecule has 0 aliphatic carbocycles. The number of benzene rings is 4. The standard InChI is InChI=1S/C10H12N2.C10H15NO.2C10H12O.C9H9ClN2.C9H10F2O.C9H10N2.C8H8F2.C8H10FNO.2C8H9NO2.C8H11NO.CH4/c1-3-8-6-9-4-5-12(2)10(9)11-7-8;1-4-9-5-6-10(11-7-9)12-8(2)3;2*1-8(9(2)11)10-6-4-3-5-7-10;1-2-6-5-12-9-7(8(6)10)3-4-11-9;1-3-6-4-7(10)9(12-2)8(11)5-6;1-2-7-5-8-3-4-10-9(8)11-6-7;1-2-6-7(9)4-3-5-8(6)10;1-3-6-4-7(9)8(11-2)10-5-6;1-2-6-3-7-8(9-4-6)11-5-10-7;1-6(10)7-3-4-8(11-2)9-5-7;1-3-7-4-5-8(10-2)9-6-7;/h4-7H,3H2,1-2H3;5-8H,4H2,1-3H3;2*3-8H,1-2H3;3-5H,2H2,1H3,(H,11,12);4-5H,3H2,1-2H3;3-6H,2H2,1H3,(H,10,11);3-5H,2H2,1H3;4-5H,3H2,1-2H3;3-4H,2,5H2,1H3;3-5H,1-2H3;4-6H,3H2,1-2H3;1H4/t;;2*8-;;;;;;;;;/m..10........./s1. The monoisotopic (exact) mass is 1870 g/mol. The van der Waals surface area contributed by atoms with Gasteiger partial charge in [-0.05, 0) is 221 Å². The minimum Gasteiger partial charge on any atom is -0.491 e. The number of fused-ring (bicyclic) bond motifs is 4. The maximum atomic E-state index is 12.9. The maximum Gasteiger partial charge on any atom is 0.260 e. The second kappa shape index (κ2) is 61.9. The zero-order chi connectivity index (χ0) is 98.6. The van der Waals surface area contributed by atoms with E-state index >= 15 is 0 Å². The lowest BCUT2D eigenvalue weighted by Crippen LogP contribution is -2.06. The van der Waals surface area contributed by atoms with E-state index in [4.69, 9.17) is 35.3 Å². The van der Waals surface area contributed by atoms with Gasteiger partial charge in [-0.2, -0.15) is 0 Å². The molecule has 21 nitrogen and oxygen atoms in total. The molecule has 2 N–H and O–H groups in total. The number of Topliss-reactive ketones (excluding diaryl/α,β-unsaturated/α-hetero) is 3. The van der Waals surface area contributed by atoms with E-state index < -0.39 is 29.1 Å². The van der Waals surface area contributed by atoms with Crippen molar-refractivity contribution in [1.82, 2.24) is 54.4 Å². The molecule has 0 fully saturated rings. The number of carbonyl (C=O) groups is 3. The average Bonchev–Trinajstić information content (AvgIpc) is 1.22. The van der Waals surface area contributed by atoms with Gasteiger partial charge in [-0.15, -0.1) is 0 Å². The zero-order valence-electron chi connectivity index (χ0n) is 80.7. The molecule has 0 saturated heterocycles. The molecule has 11 aromatic heterocycles. The van der Waals surface area contributed by atoms with Crippen molar-refractivity contribution in [2.24, 2.45) is 7.05 Å². The van der Waals surface area contributed by atoms with Crippen molar-refractivity contribution in [3.8, 4) is 40.9 Å². The third-order valence-corrected chi connectivity index (χ3v) is 20.8. The predicted molar refractivity (Wildman–Crippen MR) is 532 cm³/mol. The topological polar surface area (TPSA) is 255 Å². The highest BCUT2D eigenvalue weighted by Gasteiger charge is 2.16. The second-order valence-corrected chi connectivity index (χ2v) is 30.5. The summed E-state index contributed by atoms with van der Waals surface area (Å²) in [4.78, 5) is 71.5. The summed E-state index contributed by atoms with van der Waals surface area (Å²) in [6.07, 6.45) is 28.1. The summed E-state index contributed by atoms with van der Waals surface area (Å²) in [6, 6.07) is 51.2. The lowest BCUT2D eigenvalue weighted by Gasteiger charge is -2.07. The molecule has 0 spiro atoms. The van der Waals surface area contributed by atoms with Gasteiger partial charge in [-0.3, -0.25) is 14.4 Å². The van der Waals surface area contributed by atoms with Gasteiger partial charge < -0.3 is 47.7 Å². The van der Waals surface area contributed by atoms with E-state index in [1.807, 2.05) is 212 Å². The fraction of sp³-hybridized carbons (Fsp3) is 0.324. The first-order valence-electron chi connectivity index (χ1n) is 44.4. The van der Waals surface area contributed by atoms with Crippen LogP contribution < -0.4 is 33.2 Å². The van der Waals surface area contributed by atoms with Crippen LogP contribution in [0.3, 0.4) is 0 Å². The number of hydrogen-bond donors (Lipinski definition) is 2. The molecule has 135 heavy (non-hydrogen) atoms. The molecule has 0 saturated carbocycles. The van der Waals surface area contributed by atoms with E-state index in [-0.39, 0.29) is 59.9 Å². The molecule has 0 radical (unpaired) electrons. The van der Waals surface area contributed by atoms with Crippen molar-refractivity contribution < 1.29 is 69.5 Å². The van der Waals surface area contributed by atoms with E-state index in [2.05, 4.69) is 119 Å². The third kappa shape index (κ3) is 38.8. The summed E-state index contributed by atoms with van der Waals surface area (Å²) < 4.78 is 101. The fourth-order valence-electron chi connectivity index (χ4n) is 11.9. The largest absolute Gasteiger partial charge is 0.491 e. The molecule has 2 atom stereocenters. The van der Waals surface area contributed by atoms with Crippen molar-refractivity contribution >= 4 is 62.1 Å². The Balaban J connectivity index is 0.000000308. The normalized spacial score (nSPS) is 10.7. The number of H-pyrrole nitrogens is 2. The summed E-state index contributed by atoms with van der Waals surface area (Å²) >= 11 is 6.12. The van der Waals surface area contributed by atoms with Crippen molar-refractivity contribution in [1.29, 1.82) is 0 Å². The number of rotatable bonds is 20. The number of methoxy groups -OCH3 is 4. The molecule has 15 aromatic rings. The van der Waals surface area contributed by atoms with E-state index in [1.165, 1.54) is 109 Å². The third-order valence-electron chi connectivity index (χ3n) is 20.4. The van der Waals surface area contributed by atoms with Gasteiger partial charge in [0.05, 0.1) is 39.6 Å². The second-order valence-electron chi connectivity index (χ2n) is 30.2. The number of nitrogens with one attached hydrogen (secondary N) is 2. The highest BCUT2D eigenvalue weighted by atomic mass is 35.5. The van der Waals surface area contributed by atoms with Crippen LogP contribution in [0.15, 0.2) is 238 Å². The first kappa shape index (κ1) is 114. The van der Waals surface area contributed by atoms with E-state index in [0.717, 1.165) is 100 Å². The van der Waals surface area contributed by atoms with Crippen LogP contribution in [0.2, 0.25) is 5.02 Å². The summed E-state index contributed by atoms with van der Waals surface area (Å²) in [5.41, 5.74) is 14.7. The summed E-state index contributed by atoms with van der Waals surface area (Å²) in [5.74, 6) is 0.968. The smallest absolute Gasteiger partial charge is 0.260 e. The Kier molecular flexibility index (Phi) is 52.0. The van der Waals surface area contributed by atoms with Crippen LogP contribution in [0.5, 0.6) is 40.9 Å². The van der Waals surface area contributed by atoms with E-state index in [1.54, 1.807) is 46.2 Å². The molecule has 12 heterocycles. The number of halogens is 6. The van der Waals surface area contributed by atoms with Crippen molar-refractivity contribution in [3.63, 3.8) is 0 Å². The zero-order valence-corrected chi connectivity index (χ0v) is 81.5. The van der Waals surface area contributed by atoms with Gasteiger partial charge in [0.2, 0.25) is 30.3 Å². The average molecular weight is 1870 g/mol. The van der Waals surface area contributed by atoms with Crippen LogP contribution in [-0.2, 0) is 74.4 Å². The number of aromatic amines is 2. The van der Waals surface area contributed by atoms with Crippen molar-refractivity contribution in [3.05, 3.63) is 339 Å². The molecule has 0 amide bonds. The van der Waals surface area contributed by atoms with Gasteiger partial charge in [0.1, 0.15) is 40.1 Å². The number of carbonyl (C=O) groups excluding carboxylic acids is 3. The number of aryl methyl sites for hydroxylation is 9. The van der Waals surface area contributed by atoms with Crippen LogP contribution in [-0.4, -0.2) is 113 Å². The van der Waals surface area contributed by atoms with Crippen LogP contribution in [0.25, 0.3) is 33.1 Å². The lowest BCUT2D eigenvalue weighted by molar-refractivity contribution is -0.118. The molecule has 1 aliphatic rings. The summed E-state index contributed by atoms with van der Waals surface area (Å²) in [6.45, 7) is 31.0. The first-order chi connectivity index (χ1) is 64.4. The Labute approximate surface area is 797 Å². The highest BCUT2D eigenvalue weighted by Crippen LogP contribution is 2.31. The Morgan fingerprint density at radius 2 is 0.896 bits per heavy atom. The SMILES string of the molecule is C.CC(=O)[C@@H](C)c1ccccc1.CC(=O)[C@H](C)c1ccccc1.CCc1c(F)cccc1F.CCc1cc(F)c(OC)c(F)c1.CCc1ccc(OC(C)C)nc1.CCc1ccc(OC)nc1.CCc1cnc(OC)c(F)c1.CCc1cnc2[nH]ccc2c1.CCc1cnc2[nH]ccc2c1Cl.CCc1cnc2c(c1)OCO2.CCc1cnc2c(ccn2C)c1.COc1ccc(C(C)=O)cn1. The Hall–Kier alpha value is -13.8. The molecule has 4 aromatic carbocycles. The number of ketones is 3. The summed E-state index contributed by atoms with van der Waals surface area (Å²) in [7, 11) is 7.81. The first-order valence-corrected chi connectivity index (χ1v) is 44.8. The quantitative estimate of drug-likeness (QED) is 0.0531. The van der Waals surface area contributed by atoms with Crippen molar-refractivity contribution in [2.45, 2.75) is 194 Å². The highest BCUT2D eigenvalue weighted by molar-refractivity contribution is 6.36. The minimum absolute atomic E-state index is 0. The Bertz CT molecular complexity index is 5840. The number of nitrogens with zero attached hydrogens (tertiary/aromatic N) is 9. The molecule has 0 bridgehead atoms. The van der Waals surface area contributed by atoms with Gasteiger partial charge in [-0.1, -0.05) is 174 Å². The van der Waals surface area contributed by atoms with Gasteiger partial charge in [0, 0.05) is 133 Å². The van der Waals surface area contributed by atoms with Gasteiger partial charge in [-0.25, -0.2) is 61.8 Å². The van der Waals surface area contributed by atoms with Crippen LogP contribution in [0.4, 0.5) is 22.0 Å². The van der Waals surface area contributed by atoms with Gasteiger partial charge >= 0.3 is 0 Å². The molecular formula is C108H131ClF5N11O10. The molecule has 16 rings (SSSR count). The predicted octanol–water partition coefficient (Wildman–Crippen LogP) is 26.0. The van der Waals surface area contributed by atoms with Gasteiger partial charge in [0.15, 0.2) is 34.7 Å². The summed E-state index contributed by atoms with van der Waals surface area (Å²) in [5, 5.41) is 4.26. The lowest BCUT2D eigenvalue weighted by atomic mass is 9.98. The van der Waals surface area contributed by atoms with E-state index in [0.29, 0.717) is 54.3 Å². The van der Waals surface area contributed by atoms with E-state index in [9.17, 15) is 36.3 Å². The number of hydrogen-bond acceptors (Lipinski definition) is 18. The molecule has 720 valence electrons. The number of pyridine rings is 8.